The average Bonchev–Trinajstić information content (AvgIpc) is 2.65. The van der Waals surface area contributed by atoms with Crippen LogP contribution < -0.4 is 0 Å². The number of aliphatic imine (C=N–C) groups is 2. The summed E-state index contributed by atoms with van der Waals surface area (Å²) in [6.07, 6.45) is 7.85. The molecule has 1 aliphatic carbocycles. The average molecular weight is 574 g/mol. The quantitative estimate of drug-likeness (QED) is 0.496. The Morgan fingerprint density at radius 3 is 1.48 bits per heavy atom. The van der Waals surface area contributed by atoms with Crippen LogP contribution in [0.3, 0.4) is 0 Å². The van der Waals surface area contributed by atoms with Crippen LogP contribution in [0.5, 0.6) is 11.5 Å². The summed E-state index contributed by atoms with van der Waals surface area (Å²) in [5, 5.41) is 20.6. The summed E-state index contributed by atoms with van der Waals surface area (Å²) < 4.78 is 0. The molecule has 5 heteroatoms. The first-order chi connectivity index (χ1) is 13.3. The molecule has 29 heavy (non-hydrogen) atoms. The van der Waals surface area contributed by atoms with Gasteiger partial charge in [0.25, 0.3) is 0 Å². The molecule has 2 aromatic rings. The van der Waals surface area contributed by atoms with Gasteiger partial charge in [0.2, 0.25) is 0 Å². The molecule has 1 aliphatic rings. The topological polar surface area (TPSA) is 65.2 Å². The molecule has 3 rings (SSSR count). The summed E-state index contributed by atoms with van der Waals surface area (Å²) >= 11 is 0. The van der Waals surface area contributed by atoms with Gasteiger partial charge in [-0.2, -0.15) is 0 Å². The molecule has 0 aliphatic heterocycles. The van der Waals surface area contributed by atoms with Gasteiger partial charge in [-0.05, 0) is 74.9 Å². The smallest absolute Gasteiger partial charge is 0.127 e. The van der Waals surface area contributed by atoms with Crippen LogP contribution >= 0.6 is 0 Å². The molecule has 0 bridgehead atoms. The molecule has 2 N–H and O–H groups in total. The molecule has 0 amide bonds. The van der Waals surface area contributed by atoms with E-state index < -0.39 is 0 Å². The van der Waals surface area contributed by atoms with Gasteiger partial charge in [-0.3, -0.25) is 9.98 Å². The van der Waals surface area contributed by atoms with Gasteiger partial charge in [0, 0.05) is 44.6 Å². The van der Waals surface area contributed by atoms with Gasteiger partial charge < -0.3 is 10.2 Å². The third-order valence-corrected chi connectivity index (χ3v) is 5.45. The second-order valence-electron chi connectivity index (χ2n) is 8.01. The molecular weight excluding hydrogens is 543 g/mol. The molecule has 1 saturated carbocycles. The Kier molecular flexibility index (Phi) is 8.22. The minimum atomic E-state index is 0. The predicted octanol–water partition coefficient (Wildman–Crippen LogP) is 5.18. The maximum absolute atomic E-state index is 10.3. The van der Waals surface area contributed by atoms with E-state index >= 15 is 0 Å². The zero-order valence-corrected chi connectivity index (χ0v) is 19.8. The van der Waals surface area contributed by atoms with Crippen molar-refractivity contribution in [1.29, 1.82) is 0 Å². The number of nitrogens with zero attached hydrogens (tertiary/aromatic N) is 2. The van der Waals surface area contributed by atoms with Gasteiger partial charge in [0.15, 0.2) is 0 Å². The van der Waals surface area contributed by atoms with Crippen molar-refractivity contribution in [3.8, 4) is 11.5 Å². The molecular formula is C24H30N2O2Pt. The third-order valence-electron chi connectivity index (χ3n) is 5.45. The SMILES string of the molecule is Cc1cc(C)c(O)c(C=NC2CCCCC2N=Cc2cc(C)cc(C)c2O)c1.[Pt]. The van der Waals surface area contributed by atoms with Crippen LogP contribution in [0.4, 0.5) is 0 Å². The van der Waals surface area contributed by atoms with Gasteiger partial charge in [0.1, 0.15) is 11.5 Å². The van der Waals surface area contributed by atoms with E-state index in [4.69, 9.17) is 9.98 Å². The van der Waals surface area contributed by atoms with Crippen molar-refractivity contribution >= 4 is 12.4 Å². The van der Waals surface area contributed by atoms with E-state index in [9.17, 15) is 10.2 Å². The van der Waals surface area contributed by atoms with Crippen molar-refractivity contribution in [2.75, 3.05) is 0 Å². The fourth-order valence-corrected chi connectivity index (χ4v) is 3.97. The van der Waals surface area contributed by atoms with Gasteiger partial charge in [-0.15, -0.1) is 0 Å². The molecule has 1 fully saturated rings. The summed E-state index contributed by atoms with van der Waals surface area (Å²) in [6.45, 7) is 7.86. The first-order valence-electron chi connectivity index (χ1n) is 10.0. The van der Waals surface area contributed by atoms with Crippen LogP contribution in [0.15, 0.2) is 34.3 Å². The summed E-state index contributed by atoms with van der Waals surface area (Å²) in [7, 11) is 0. The fraction of sp³-hybridized carbons (Fsp3) is 0.417. The molecule has 2 unspecified atom stereocenters. The number of aromatic hydroxyl groups is 2. The van der Waals surface area contributed by atoms with Crippen molar-refractivity contribution in [1.82, 2.24) is 0 Å². The molecule has 158 valence electrons. The van der Waals surface area contributed by atoms with Crippen molar-refractivity contribution in [2.24, 2.45) is 9.98 Å². The van der Waals surface area contributed by atoms with Crippen LogP contribution in [0, 0.1) is 27.7 Å². The first kappa shape index (κ1) is 23.3. The van der Waals surface area contributed by atoms with E-state index in [1.165, 1.54) is 0 Å². The minimum Gasteiger partial charge on any atom is -0.507 e. The van der Waals surface area contributed by atoms with Crippen molar-refractivity contribution in [2.45, 2.75) is 65.5 Å². The Balaban J connectivity index is 0.00000300. The summed E-state index contributed by atoms with van der Waals surface area (Å²) in [4.78, 5) is 9.57. The maximum atomic E-state index is 10.3. The van der Waals surface area contributed by atoms with Gasteiger partial charge >= 0.3 is 0 Å². The summed E-state index contributed by atoms with van der Waals surface area (Å²) in [5.41, 5.74) is 5.48. The van der Waals surface area contributed by atoms with Gasteiger partial charge in [-0.1, -0.05) is 25.0 Å². The molecule has 0 aromatic heterocycles. The van der Waals surface area contributed by atoms with Crippen LogP contribution in [0.25, 0.3) is 0 Å². The van der Waals surface area contributed by atoms with E-state index in [0.29, 0.717) is 11.5 Å². The Bertz CT molecular complexity index is 846. The third kappa shape index (κ3) is 5.79. The van der Waals surface area contributed by atoms with E-state index in [1.54, 1.807) is 12.4 Å². The van der Waals surface area contributed by atoms with Crippen LogP contribution in [-0.4, -0.2) is 34.7 Å². The normalized spacial score (nSPS) is 19.6. The Labute approximate surface area is 188 Å². The molecule has 0 heterocycles. The molecule has 2 atom stereocenters. The standard InChI is InChI=1S/C24H30N2O2.Pt/c1-15-9-17(3)23(27)19(11-15)13-25-21-7-5-6-8-22(21)26-14-20-12-16(2)10-18(4)24(20)28;/h9-14,21-22,27-28H,5-8H2,1-4H3;. The van der Waals surface area contributed by atoms with E-state index in [2.05, 4.69) is 0 Å². The second kappa shape index (κ2) is 10.2. The van der Waals surface area contributed by atoms with Crippen molar-refractivity contribution in [3.05, 3.63) is 57.6 Å². The zero-order chi connectivity index (χ0) is 20.3. The summed E-state index contributed by atoms with van der Waals surface area (Å²) in [6, 6.07) is 8.05. The van der Waals surface area contributed by atoms with E-state index in [-0.39, 0.29) is 33.1 Å². The van der Waals surface area contributed by atoms with E-state index in [1.807, 2.05) is 52.0 Å². The number of phenolic OH excluding ortho intramolecular Hbond substituents is 2. The number of hydrogen-bond acceptors (Lipinski definition) is 4. The zero-order valence-electron chi connectivity index (χ0n) is 17.6. The number of phenols is 2. The number of rotatable bonds is 4. The molecule has 0 spiro atoms. The predicted molar refractivity (Wildman–Crippen MR) is 116 cm³/mol. The molecule has 0 radical (unpaired) electrons. The van der Waals surface area contributed by atoms with Gasteiger partial charge in [-0.25, -0.2) is 0 Å². The summed E-state index contributed by atoms with van der Waals surface area (Å²) in [5.74, 6) is 0.593. The molecule has 2 aromatic carbocycles. The molecule has 4 nitrogen and oxygen atoms in total. The number of hydrogen-bond donors (Lipinski definition) is 2. The van der Waals surface area contributed by atoms with E-state index in [0.717, 1.165) is 59.1 Å². The fourth-order valence-electron chi connectivity index (χ4n) is 3.97. The number of aryl methyl sites for hydroxylation is 4. The monoisotopic (exact) mass is 573 g/mol. The van der Waals surface area contributed by atoms with Gasteiger partial charge in [0.05, 0.1) is 12.1 Å². The van der Waals surface area contributed by atoms with Crippen molar-refractivity contribution < 1.29 is 31.3 Å². The Morgan fingerprint density at radius 1 is 0.724 bits per heavy atom. The first-order valence-corrected chi connectivity index (χ1v) is 10.0. The largest absolute Gasteiger partial charge is 0.507 e. The minimum absolute atomic E-state index is 0. The Morgan fingerprint density at radius 2 is 1.10 bits per heavy atom. The van der Waals surface area contributed by atoms with Crippen LogP contribution in [-0.2, 0) is 21.1 Å². The van der Waals surface area contributed by atoms with Crippen LogP contribution in [0.2, 0.25) is 0 Å². The maximum Gasteiger partial charge on any atom is 0.127 e. The van der Waals surface area contributed by atoms with Crippen LogP contribution in [0.1, 0.15) is 59.1 Å². The molecule has 0 saturated heterocycles. The number of benzene rings is 2. The Hall–Kier alpha value is -1.93. The second-order valence-corrected chi connectivity index (χ2v) is 8.01. The van der Waals surface area contributed by atoms with Crippen molar-refractivity contribution in [3.63, 3.8) is 0 Å².